The molecule has 0 fully saturated rings. The number of rotatable bonds is 6. The molecule has 0 aromatic heterocycles. The molecule has 1 N–H and O–H groups in total. The summed E-state index contributed by atoms with van der Waals surface area (Å²) in [6.07, 6.45) is 2.17. The number of fused-ring (bicyclic) bond motifs is 1. The Bertz CT molecular complexity index is 640. The lowest BCUT2D eigenvalue weighted by molar-refractivity contribution is 0.323. The molecular formula is C19H24ClNO3. The minimum absolute atomic E-state index is 0. The van der Waals surface area contributed by atoms with Crippen molar-refractivity contribution in [3.8, 4) is 17.2 Å². The third kappa shape index (κ3) is 3.77. The first-order valence-corrected chi connectivity index (χ1v) is 7.84. The molecule has 2 aromatic rings. The fraction of sp³-hybridized carbons (Fsp3) is 0.368. The lowest BCUT2D eigenvalue weighted by atomic mass is 10.1. The van der Waals surface area contributed by atoms with Crippen LogP contribution in [-0.2, 0) is 19.4 Å². The van der Waals surface area contributed by atoms with Crippen molar-refractivity contribution in [3.63, 3.8) is 0 Å². The number of methoxy groups -OCH3 is 3. The molecule has 0 saturated carbocycles. The molecule has 4 nitrogen and oxygen atoms in total. The third-order valence-electron chi connectivity index (χ3n) is 4.37. The molecule has 5 heteroatoms. The Kier molecular flexibility index (Phi) is 6.35. The van der Waals surface area contributed by atoms with Crippen molar-refractivity contribution in [3.05, 3.63) is 53.1 Å². The Labute approximate surface area is 149 Å². The smallest absolute Gasteiger partial charge is 0.203 e. The van der Waals surface area contributed by atoms with Gasteiger partial charge in [-0.1, -0.05) is 24.3 Å². The second-order valence-corrected chi connectivity index (χ2v) is 5.79. The van der Waals surface area contributed by atoms with E-state index in [1.165, 1.54) is 11.1 Å². The molecule has 0 radical (unpaired) electrons. The van der Waals surface area contributed by atoms with Crippen LogP contribution in [0.1, 0.15) is 16.7 Å². The number of ether oxygens (including phenoxy) is 3. The number of hydrogen-bond acceptors (Lipinski definition) is 4. The molecule has 0 bridgehead atoms. The van der Waals surface area contributed by atoms with Gasteiger partial charge in [0.25, 0.3) is 0 Å². The molecule has 3 rings (SSSR count). The minimum Gasteiger partial charge on any atom is -0.493 e. The number of benzene rings is 2. The number of halogens is 1. The minimum atomic E-state index is 0. The van der Waals surface area contributed by atoms with Crippen LogP contribution < -0.4 is 19.5 Å². The first-order chi connectivity index (χ1) is 11.2. The van der Waals surface area contributed by atoms with Crippen LogP contribution in [0.2, 0.25) is 0 Å². The third-order valence-corrected chi connectivity index (χ3v) is 4.37. The number of nitrogens with one attached hydrogen (secondary N) is 1. The summed E-state index contributed by atoms with van der Waals surface area (Å²) in [4.78, 5) is 0. The van der Waals surface area contributed by atoms with E-state index in [2.05, 4.69) is 29.6 Å². The predicted octanol–water partition coefficient (Wildman–Crippen LogP) is 3.39. The van der Waals surface area contributed by atoms with Crippen molar-refractivity contribution in [2.75, 3.05) is 21.3 Å². The van der Waals surface area contributed by atoms with Crippen molar-refractivity contribution in [2.24, 2.45) is 0 Å². The highest BCUT2D eigenvalue weighted by Gasteiger charge is 2.20. The SMILES string of the molecule is COc1cc(CNC2Cc3ccccc3C2)cc(OC)c1OC.Cl. The summed E-state index contributed by atoms with van der Waals surface area (Å²) < 4.78 is 16.2. The Morgan fingerprint density at radius 2 is 1.46 bits per heavy atom. The maximum Gasteiger partial charge on any atom is 0.203 e. The summed E-state index contributed by atoms with van der Waals surface area (Å²) in [7, 11) is 4.90. The summed E-state index contributed by atoms with van der Waals surface area (Å²) in [5, 5.41) is 3.63. The average Bonchev–Trinajstić information content (AvgIpc) is 3.01. The maximum atomic E-state index is 5.41. The van der Waals surface area contributed by atoms with E-state index in [9.17, 15) is 0 Å². The summed E-state index contributed by atoms with van der Waals surface area (Å²) in [5.74, 6) is 2.02. The van der Waals surface area contributed by atoms with Gasteiger partial charge in [0, 0.05) is 12.6 Å². The van der Waals surface area contributed by atoms with Gasteiger partial charge < -0.3 is 19.5 Å². The second-order valence-electron chi connectivity index (χ2n) is 5.79. The van der Waals surface area contributed by atoms with Gasteiger partial charge in [-0.05, 0) is 41.7 Å². The van der Waals surface area contributed by atoms with Crippen LogP contribution in [0.15, 0.2) is 36.4 Å². The topological polar surface area (TPSA) is 39.7 Å². The van der Waals surface area contributed by atoms with Gasteiger partial charge in [0.15, 0.2) is 11.5 Å². The van der Waals surface area contributed by atoms with E-state index in [1.807, 2.05) is 12.1 Å². The van der Waals surface area contributed by atoms with Gasteiger partial charge in [0.1, 0.15) is 0 Å². The Morgan fingerprint density at radius 1 is 0.917 bits per heavy atom. The van der Waals surface area contributed by atoms with Crippen LogP contribution in [0.25, 0.3) is 0 Å². The van der Waals surface area contributed by atoms with Crippen LogP contribution in [0.3, 0.4) is 0 Å². The summed E-state index contributed by atoms with van der Waals surface area (Å²) in [6, 6.07) is 13.1. The largest absolute Gasteiger partial charge is 0.493 e. The molecule has 130 valence electrons. The van der Waals surface area contributed by atoms with Gasteiger partial charge >= 0.3 is 0 Å². The van der Waals surface area contributed by atoms with Gasteiger partial charge in [-0.3, -0.25) is 0 Å². The van der Waals surface area contributed by atoms with Gasteiger partial charge in [0.2, 0.25) is 5.75 Å². The quantitative estimate of drug-likeness (QED) is 0.867. The molecule has 0 unspecified atom stereocenters. The molecule has 0 atom stereocenters. The molecule has 1 aliphatic carbocycles. The Hall–Kier alpha value is -1.91. The van der Waals surface area contributed by atoms with Crippen LogP contribution in [0, 0.1) is 0 Å². The van der Waals surface area contributed by atoms with E-state index in [1.54, 1.807) is 21.3 Å². The summed E-state index contributed by atoms with van der Waals surface area (Å²) in [5.41, 5.74) is 4.03. The molecule has 0 amide bonds. The summed E-state index contributed by atoms with van der Waals surface area (Å²) >= 11 is 0. The highest BCUT2D eigenvalue weighted by molar-refractivity contribution is 5.85. The summed E-state index contributed by atoms with van der Waals surface area (Å²) in [6.45, 7) is 0.773. The van der Waals surface area contributed by atoms with Gasteiger partial charge in [0.05, 0.1) is 21.3 Å². The van der Waals surface area contributed by atoms with E-state index < -0.39 is 0 Å². The predicted molar refractivity (Wildman–Crippen MR) is 97.8 cm³/mol. The lowest BCUT2D eigenvalue weighted by Gasteiger charge is -2.16. The molecule has 0 aliphatic heterocycles. The monoisotopic (exact) mass is 349 g/mol. The normalized spacial score (nSPS) is 13.1. The Balaban J connectivity index is 0.00000208. The molecule has 0 saturated heterocycles. The van der Waals surface area contributed by atoms with E-state index in [-0.39, 0.29) is 12.4 Å². The molecule has 0 heterocycles. The van der Waals surface area contributed by atoms with Gasteiger partial charge in [-0.15, -0.1) is 12.4 Å². The van der Waals surface area contributed by atoms with Crippen molar-refractivity contribution < 1.29 is 14.2 Å². The zero-order valence-electron chi connectivity index (χ0n) is 14.3. The Morgan fingerprint density at radius 3 is 1.92 bits per heavy atom. The van der Waals surface area contributed by atoms with Crippen molar-refractivity contribution >= 4 is 12.4 Å². The van der Waals surface area contributed by atoms with Crippen LogP contribution in [0.4, 0.5) is 0 Å². The van der Waals surface area contributed by atoms with Crippen LogP contribution in [0.5, 0.6) is 17.2 Å². The molecule has 24 heavy (non-hydrogen) atoms. The van der Waals surface area contributed by atoms with Gasteiger partial charge in [-0.2, -0.15) is 0 Å². The van der Waals surface area contributed by atoms with E-state index >= 15 is 0 Å². The van der Waals surface area contributed by atoms with Crippen molar-refractivity contribution in [1.82, 2.24) is 5.32 Å². The molecule has 0 spiro atoms. The average molecular weight is 350 g/mol. The van der Waals surface area contributed by atoms with Gasteiger partial charge in [-0.25, -0.2) is 0 Å². The first-order valence-electron chi connectivity index (χ1n) is 7.84. The van der Waals surface area contributed by atoms with Crippen LogP contribution >= 0.6 is 12.4 Å². The first kappa shape index (κ1) is 18.4. The van der Waals surface area contributed by atoms with Crippen molar-refractivity contribution in [1.29, 1.82) is 0 Å². The fourth-order valence-electron chi connectivity index (χ4n) is 3.20. The molecule has 1 aliphatic rings. The van der Waals surface area contributed by atoms with E-state index in [4.69, 9.17) is 14.2 Å². The standard InChI is InChI=1S/C19H23NO3.ClH/c1-21-17-8-13(9-18(22-2)19(17)23-3)12-20-16-10-14-6-4-5-7-15(14)11-16;/h4-9,16,20H,10-12H2,1-3H3;1H. The van der Waals surface area contributed by atoms with Crippen LogP contribution in [-0.4, -0.2) is 27.4 Å². The zero-order chi connectivity index (χ0) is 16.2. The zero-order valence-corrected chi connectivity index (χ0v) is 15.1. The van der Waals surface area contributed by atoms with E-state index in [0.29, 0.717) is 23.3 Å². The second kappa shape index (κ2) is 8.27. The van der Waals surface area contributed by atoms with Crippen molar-refractivity contribution in [2.45, 2.75) is 25.4 Å². The fourth-order valence-corrected chi connectivity index (χ4v) is 3.20. The molecule has 2 aromatic carbocycles. The van der Waals surface area contributed by atoms with E-state index in [0.717, 1.165) is 24.9 Å². The highest BCUT2D eigenvalue weighted by Crippen LogP contribution is 2.38. The maximum absolute atomic E-state index is 5.41. The lowest BCUT2D eigenvalue weighted by Crippen LogP contribution is -2.28. The highest BCUT2D eigenvalue weighted by atomic mass is 35.5. The molecular weight excluding hydrogens is 326 g/mol. The number of hydrogen-bond donors (Lipinski definition) is 1.